The third-order valence-electron chi connectivity index (χ3n) is 11.7. The zero-order chi connectivity index (χ0) is 44.2. The maximum absolute atomic E-state index is 14.0. The molecule has 3 rings (SSSR count). The molecule has 4 unspecified atom stereocenters. The lowest BCUT2D eigenvalue weighted by molar-refractivity contribution is -0.141. The van der Waals surface area contributed by atoms with E-state index in [4.69, 9.17) is 9.47 Å². The Balaban J connectivity index is 2.24. The minimum absolute atomic E-state index is 0.0487. The number of hydrogen-bond acceptors (Lipinski definition) is 12. The predicted octanol–water partition coefficient (Wildman–Crippen LogP) is 14.9. The Labute approximate surface area is 378 Å². The van der Waals surface area contributed by atoms with E-state index in [9.17, 15) is 29.7 Å². The van der Waals surface area contributed by atoms with Crippen molar-refractivity contribution in [1.29, 1.82) is 10.5 Å². The zero-order valence-electron chi connectivity index (χ0n) is 37.4. The molecule has 60 heavy (non-hydrogen) atoms. The van der Waals surface area contributed by atoms with Crippen LogP contribution in [0.3, 0.4) is 0 Å². The average molecular weight is 897 g/mol. The van der Waals surface area contributed by atoms with Gasteiger partial charge in [-0.15, -0.1) is 0 Å². The van der Waals surface area contributed by atoms with E-state index in [0.717, 1.165) is 77.0 Å². The van der Waals surface area contributed by atoms with E-state index >= 15 is 0 Å². The quantitative estimate of drug-likeness (QED) is 0.0343. The number of Topliss-reactive ketones (excluding diaryl/α,β-unsaturated/α-hetero) is 2. The van der Waals surface area contributed by atoms with Gasteiger partial charge in [0.25, 0.3) is 0 Å². The van der Waals surface area contributed by atoms with E-state index in [1.54, 1.807) is 0 Å². The van der Waals surface area contributed by atoms with Crippen molar-refractivity contribution >= 4 is 70.6 Å². The summed E-state index contributed by atoms with van der Waals surface area (Å²) in [6, 6.07) is 4.40. The van der Waals surface area contributed by atoms with Crippen LogP contribution in [0.5, 0.6) is 11.5 Å². The van der Waals surface area contributed by atoms with Crippen molar-refractivity contribution in [2.75, 3.05) is 0 Å². The van der Waals surface area contributed by atoms with E-state index in [2.05, 4.69) is 53.7 Å². The van der Waals surface area contributed by atoms with E-state index in [1.807, 2.05) is 13.8 Å². The van der Waals surface area contributed by atoms with Crippen LogP contribution in [0.4, 0.5) is 0 Å². The number of hydrogen-bond donors (Lipinski definition) is 0. The summed E-state index contributed by atoms with van der Waals surface area (Å²) in [5, 5.41) is 21.0. The fourth-order valence-corrected chi connectivity index (χ4v) is 12.9. The standard InChI is InChI=1S/C48H68N2O6S4/c1-9-17-21-31(13-5)25-27-37(51)35(29-49)47-57-41-39(55-45(53)33(15-7)23-19-11-3)43-44(40(42(41)58-47)56-46(54)34(16-8)24-20-12-4)60-48(59-43)36(30-50)38(52)28-26-32(14-6)22-18-10-2/h31-34H,9-28H2,1-8H3. The number of ketones is 2. The second-order valence-corrected chi connectivity index (χ2v) is 20.6. The highest BCUT2D eigenvalue weighted by atomic mass is 32.2. The number of unbranched alkanes of at least 4 members (excludes halogenated alkanes) is 4. The first-order chi connectivity index (χ1) is 29.0. The van der Waals surface area contributed by atoms with Crippen LogP contribution in [0.2, 0.25) is 0 Å². The summed E-state index contributed by atoms with van der Waals surface area (Å²) in [7, 11) is 0. The first-order valence-electron chi connectivity index (χ1n) is 22.7. The Morgan fingerprint density at radius 3 is 1.07 bits per heavy atom. The molecule has 0 saturated heterocycles. The van der Waals surface area contributed by atoms with Gasteiger partial charge in [0, 0.05) is 12.8 Å². The molecule has 2 aliphatic heterocycles. The SMILES string of the molecule is CCCCC(CC)CCC(=O)C(C#N)=C1Sc2c(OC(=O)C(CC)CCCC)c3c(c(OC(=O)C(CC)CCCC)c2S1)SC(=C(C#N)C(=O)CCC(CC)CCCC)S3. The Kier molecular flexibility index (Phi) is 23.6. The van der Waals surface area contributed by atoms with Gasteiger partial charge in [-0.3, -0.25) is 19.2 Å². The van der Waals surface area contributed by atoms with Crippen molar-refractivity contribution in [2.24, 2.45) is 23.7 Å². The van der Waals surface area contributed by atoms with Crippen molar-refractivity contribution in [2.45, 2.75) is 203 Å². The molecule has 2 heterocycles. The van der Waals surface area contributed by atoms with Gasteiger partial charge in [0.15, 0.2) is 23.1 Å². The van der Waals surface area contributed by atoms with Crippen LogP contribution in [0, 0.1) is 46.3 Å². The molecule has 330 valence electrons. The van der Waals surface area contributed by atoms with Gasteiger partial charge in [-0.2, -0.15) is 10.5 Å². The molecule has 2 aliphatic rings. The maximum Gasteiger partial charge on any atom is 0.314 e. The van der Waals surface area contributed by atoms with Crippen LogP contribution >= 0.6 is 47.0 Å². The van der Waals surface area contributed by atoms with Gasteiger partial charge in [0.1, 0.15) is 23.3 Å². The van der Waals surface area contributed by atoms with Crippen LogP contribution in [-0.4, -0.2) is 23.5 Å². The third-order valence-corrected chi connectivity index (χ3v) is 16.9. The number of fused-ring (bicyclic) bond motifs is 2. The van der Waals surface area contributed by atoms with E-state index in [-0.39, 0.29) is 70.8 Å². The summed E-state index contributed by atoms with van der Waals surface area (Å²) in [6.07, 6.45) is 16.3. The van der Waals surface area contributed by atoms with Crippen LogP contribution in [-0.2, 0) is 19.2 Å². The molecule has 0 radical (unpaired) electrons. The molecule has 1 aromatic carbocycles. The number of rotatable bonds is 28. The Bertz CT molecular complexity index is 1640. The Morgan fingerprint density at radius 2 is 0.800 bits per heavy atom. The molecule has 0 amide bonds. The van der Waals surface area contributed by atoms with Crippen LogP contribution in [0.1, 0.15) is 184 Å². The fraction of sp³-hybridized carbons (Fsp3) is 0.667. The topological polar surface area (TPSA) is 134 Å². The number of carbonyl (C=O) groups is 4. The Morgan fingerprint density at radius 1 is 0.483 bits per heavy atom. The smallest absolute Gasteiger partial charge is 0.314 e. The van der Waals surface area contributed by atoms with Gasteiger partial charge >= 0.3 is 11.9 Å². The monoisotopic (exact) mass is 896 g/mol. The molecule has 0 N–H and O–H groups in total. The zero-order valence-corrected chi connectivity index (χ0v) is 40.7. The summed E-state index contributed by atoms with van der Waals surface area (Å²) in [4.78, 5) is 57.7. The highest BCUT2D eigenvalue weighted by Crippen LogP contribution is 2.68. The molecule has 8 nitrogen and oxygen atoms in total. The first-order valence-corrected chi connectivity index (χ1v) is 26.0. The molecular formula is C48H68N2O6S4. The molecule has 0 fully saturated rings. The lowest BCUT2D eigenvalue weighted by Gasteiger charge is -2.20. The van der Waals surface area contributed by atoms with Crippen molar-refractivity contribution in [3.05, 3.63) is 19.6 Å². The molecule has 0 aromatic heterocycles. The number of thioether (sulfide) groups is 4. The lowest BCUT2D eigenvalue weighted by Crippen LogP contribution is -2.22. The number of nitrogens with zero attached hydrogens (tertiary/aromatic N) is 2. The van der Waals surface area contributed by atoms with Crippen LogP contribution in [0.25, 0.3) is 0 Å². The minimum Gasteiger partial charge on any atom is -0.424 e. The average Bonchev–Trinajstić information content (AvgIpc) is 3.89. The van der Waals surface area contributed by atoms with Crippen molar-refractivity contribution < 1.29 is 28.7 Å². The third kappa shape index (κ3) is 14.2. The number of esters is 2. The maximum atomic E-state index is 14.0. The molecule has 1 aromatic rings. The minimum atomic E-state index is -0.389. The summed E-state index contributed by atoms with van der Waals surface area (Å²) in [5.74, 6) is -0.654. The van der Waals surface area contributed by atoms with E-state index in [1.165, 1.54) is 47.0 Å². The van der Waals surface area contributed by atoms with Crippen LogP contribution < -0.4 is 9.47 Å². The normalized spacial score (nSPS) is 15.0. The number of nitriles is 2. The molecular weight excluding hydrogens is 829 g/mol. The number of allylic oxidation sites excluding steroid dienone is 2. The van der Waals surface area contributed by atoms with E-state index in [0.29, 0.717) is 78.4 Å². The molecule has 0 spiro atoms. The Hall–Kier alpha value is -2.64. The van der Waals surface area contributed by atoms with Crippen LogP contribution in [0.15, 0.2) is 39.2 Å². The molecule has 12 heteroatoms. The second-order valence-electron chi connectivity index (χ2n) is 16.0. The first kappa shape index (κ1) is 51.7. The van der Waals surface area contributed by atoms with Gasteiger partial charge in [-0.1, -0.05) is 179 Å². The largest absolute Gasteiger partial charge is 0.424 e. The molecule has 0 aliphatic carbocycles. The highest BCUT2D eigenvalue weighted by Gasteiger charge is 2.41. The molecule has 4 atom stereocenters. The van der Waals surface area contributed by atoms with Gasteiger partial charge in [-0.05, 0) is 50.4 Å². The number of carbonyl (C=O) groups excluding carboxylic acids is 4. The van der Waals surface area contributed by atoms with Gasteiger partial charge in [-0.25, -0.2) is 0 Å². The highest BCUT2D eigenvalue weighted by molar-refractivity contribution is 8.26. The fourth-order valence-electron chi connectivity index (χ4n) is 7.49. The number of ether oxygens (including phenoxy) is 2. The number of benzene rings is 1. The summed E-state index contributed by atoms with van der Waals surface area (Å²) in [6.45, 7) is 16.7. The van der Waals surface area contributed by atoms with Crippen molar-refractivity contribution in [3.8, 4) is 23.6 Å². The van der Waals surface area contributed by atoms with Gasteiger partial charge < -0.3 is 9.47 Å². The molecule has 0 bridgehead atoms. The van der Waals surface area contributed by atoms with Gasteiger partial charge in [0.2, 0.25) is 0 Å². The molecule has 0 saturated carbocycles. The van der Waals surface area contributed by atoms with Gasteiger partial charge in [0.05, 0.1) is 39.9 Å². The summed E-state index contributed by atoms with van der Waals surface area (Å²) < 4.78 is 13.7. The summed E-state index contributed by atoms with van der Waals surface area (Å²) >= 11 is 4.78. The predicted molar refractivity (Wildman–Crippen MR) is 248 cm³/mol. The lowest BCUT2D eigenvalue weighted by atomic mass is 9.92. The van der Waals surface area contributed by atoms with Crippen molar-refractivity contribution in [1.82, 2.24) is 0 Å². The van der Waals surface area contributed by atoms with E-state index < -0.39 is 0 Å². The second kappa shape index (κ2) is 27.4. The summed E-state index contributed by atoms with van der Waals surface area (Å²) in [5.41, 5.74) is 0.0974. The van der Waals surface area contributed by atoms with Crippen molar-refractivity contribution in [3.63, 3.8) is 0 Å².